The molecule has 0 radical (unpaired) electrons. The van der Waals surface area contributed by atoms with Gasteiger partial charge in [0.05, 0.1) is 5.92 Å². The maximum Gasteiger partial charge on any atom is 0.281 e. The van der Waals surface area contributed by atoms with Gasteiger partial charge in [0.15, 0.2) is 0 Å². The van der Waals surface area contributed by atoms with Gasteiger partial charge in [-0.1, -0.05) is 32.0 Å². The molecule has 1 aliphatic rings. The summed E-state index contributed by atoms with van der Waals surface area (Å²) in [6.07, 6.45) is 1.41. The summed E-state index contributed by atoms with van der Waals surface area (Å²) in [6.45, 7) is 5.26. The Kier molecular flexibility index (Phi) is 6.15. The van der Waals surface area contributed by atoms with Gasteiger partial charge in [-0.2, -0.15) is 17.0 Å². The van der Waals surface area contributed by atoms with Crippen molar-refractivity contribution in [1.29, 1.82) is 0 Å². The lowest BCUT2D eigenvalue weighted by Crippen LogP contribution is -2.49. The van der Waals surface area contributed by atoms with Crippen LogP contribution in [-0.2, 0) is 15.0 Å². The van der Waals surface area contributed by atoms with Crippen LogP contribution >= 0.6 is 0 Å². The van der Waals surface area contributed by atoms with Gasteiger partial charge in [0, 0.05) is 31.9 Å². The summed E-state index contributed by atoms with van der Waals surface area (Å²) in [5.41, 5.74) is 0.737. The second-order valence-corrected chi connectivity index (χ2v) is 7.57. The summed E-state index contributed by atoms with van der Waals surface area (Å²) in [5, 5.41) is 2.87. The maximum absolute atomic E-state index is 12.6. The Morgan fingerprint density at radius 3 is 2.52 bits per heavy atom. The normalized spacial score (nSPS) is 19.7. The zero-order valence-electron chi connectivity index (χ0n) is 13.7. The molecular formula is C16H25N3O3S. The van der Waals surface area contributed by atoms with Crippen LogP contribution in [0, 0.1) is 5.92 Å². The average Bonchev–Trinajstić information content (AvgIpc) is 2.57. The standard InChI is InChI=1S/C16H25N3O3S/c1-3-18(4-2)23(21,22)19-12-8-9-14(13-19)16(20)17-15-10-6-5-7-11-15/h5-7,10-11,14H,3-4,8-9,12-13H2,1-2H3,(H,17,20). The van der Waals surface area contributed by atoms with Crippen LogP contribution in [0.1, 0.15) is 26.7 Å². The Morgan fingerprint density at radius 1 is 1.26 bits per heavy atom. The smallest absolute Gasteiger partial charge is 0.281 e. The Balaban J connectivity index is 2.04. The molecule has 128 valence electrons. The number of amides is 1. The molecule has 1 unspecified atom stereocenters. The van der Waals surface area contributed by atoms with Gasteiger partial charge >= 0.3 is 0 Å². The predicted molar refractivity (Wildman–Crippen MR) is 91.2 cm³/mol. The third kappa shape index (κ3) is 4.31. The van der Waals surface area contributed by atoms with Crippen LogP contribution in [-0.4, -0.2) is 49.1 Å². The molecule has 1 atom stereocenters. The van der Waals surface area contributed by atoms with Gasteiger partial charge < -0.3 is 5.32 Å². The summed E-state index contributed by atoms with van der Waals surface area (Å²) in [6, 6.07) is 9.24. The van der Waals surface area contributed by atoms with E-state index in [2.05, 4.69) is 5.32 Å². The fourth-order valence-corrected chi connectivity index (χ4v) is 4.55. The number of benzene rings is 1. The highest BCUT2D eigenvalue weighted by Gasteiger charge is 2.34. The van der Waals surface area contributed by atoms with E-state index >= 15 is 0 Å². The number of anilines is 1. The molecule has 1 fully saturated rings. The van der Waals surface area contributed by atoms with Gasteiger partial charge in [-0.05, 0) is 25.0 Å². The van der Waals surface area contributed by atoms with E-state index < -0.39 is 10.2 Å². The van der Waals surface area contributed by atoms with Crippen molar-refractivity contribution in [2.24, 2.45) is 5.92 Å². The van der Waals surface area contributed by atoms with Gasteiger partial charge in [-0.15, -0.1) is 0 Å². The van der Waals surface area contributed by atoms with E-state index in [0.29, 0.717) is 32.5 Å². The van der Waals surface area contributed by atoms with Crippen LogP contribution < -0.4 is 5.32 Å². The van der Waals surface area contributed by atoms with Crippen LogP contribution in [0.3, 0.4) is 0 Å². The molecule has 6 nitrogen and oxygen atoms in total. The van der Waals surface area contributed by atoms with E-state index in [0.717, 1.165) is 5.69 Å². The molecule has 1 aromatic carbocycles. The molecule has 1 N–H and O–H groups in total. The SMILES string of the molecule is CCN(CC)S(=O)(=O)N1CCCC(C(=O)Nc2ccccc2)C1. The number of para-hydroxylation sites is 1. The van der Waals surface area contributed by atoms with Crippen LogP contribution in [0.2, 0.25) is 0 Å². The number of hydrogen-bond donors (Lipinski definition) is 1. The fourth-order valence-electron chi connectivity index (χ4n) is 2.84. The van der Waals surface area contributed by atoms with Gasteiger partial charge in [-0.3, -0.25) is 4.79 Å². The van der Waals surface area contributed by atoms with Crippen molar-refractivity contribution in [3.63, 3.8) is 0 Å². The molecule has 7 heteroatoms. The summed E-state index contributed by atoms with van der Waals surface area (Å²) in [7, 11) is -3.48. The van der Waals surface area contributed by atoms with Crippen molar-refractivity contribution in [3.05, 3.63) is 30.3 Å². The summed E-state index contributed by atoms with van der Waals surface area (Å²) in [5.74, 6) is -0.426. The van der Waals surface area contributed by atoms with Crippen LogP contribution in [0.4, 0.5) is 5.69 Å². The van der Waals surface area contributed by atoms with E-state index in [9.17, 15) is 13.2 Å². The van der Waals surface area contributed by atoms with E-state index in [1.165, 1.54) is 8.61 Å². The molecule has 0 aromatic heterocycles. The molecule has 1 aliphatic heterocycles. The Bertz CT molecular complexity index is 615. The molecule has 2 rings (SSSR count). The van der Waals surface area contributed by atoms with Gasteiger partial charge in [0.25, 0.3) is 10.2 Å². The minimum Gasteiger partial charge on any atom is -0.326 e. The molecule has 1 saturated heterocycles. The molecule has 0 aliphatic carbocycles. The number of nitrogens with zero attached hydrogens (tertiary/aromatic N) is 2. The second kappa shape index (κ2) is 7.90. The first-order chi connectivity index (χ1) is 11.0. The highest BCUT2D eigenvalue weighted by Crippen LogP contribution is 2.22. The zero-order valence-corrected chi connectivity index (χ0v) is 14.6. The molecule has 1 amide bonds. The van der Waals surface area contributed by atoms with Crippen LogP contribution in [0.5, 0.6) is 0 Å². The second-order valence-electron chi connectivity index (χ2n) is 5.64. The minimum atomic E-state index is -3.48. The largest absolute Gasteiger partial charge is 0.326 e. The van der Waals surface area contributed by atoms with Crippen molar-refractivity contribution in [3.8, 4) is 0 Å². The zero-order chi connectivity index (χ0) is 16.9. The van der Waals surface area contributed by atoms with E-state index in [1.54, 1.807) is 0 Å². The maximum atomic E-state index is 12.6. The molecule has 1 aromatic rings. The topological polar surface area (TPSA) is 69.7 Å². The lowest BCUT2D eigenvalue weighted by molar-refractivity contribution is -0.120. The number of carbonyl (C=O) groups is 1. The molecular weight excluding hydrogens is 314 g/mol. The molecule has 1 heterocycles. The lowest BCUT2D eigenvalue weighted by atomic mass is 9.99. The third-order valence-corrected chi connectivity index (χ3v) is 6.31. The number of rotatable bonds is 6. The number of carbonyl (C=O) groups excluding carboxylic acids is 1. The first-order valence-corrected chi connectivity index (χ1v) is 9.49. The van der Waals surface area contributed by atoms with E-state index in [4.69, 9.17) is 0 Å². The van der Waals surface area contributed by atoms with Gasteiger partial charge in [-0.25, -0.2) is 0 Å². The highest BCUT2D eigenvalue weighted by atomic mass is 32.2. The third-order valence-electron chi connectivity index (χ3n) is 4.15. The van der Waals surface area contributed by atoms with Gasteiger partial charge in [0.1, 0.15) is 0 Å². The Hall–Kier alpha value is -1.44. The quantitative estimate of drug-likeness (QED) is 0.861. The average molecular weight is 339 g/mol. The first kappa shape index (κ1) is 17.9. The Labute approximate surface area is 138 Å². The monoisotopic (exact) mass is 339 g/mol. The van der Waals surface area contributed by atoms with Crippen molar-refractivity contribution < 1.29 is 13.2 Å². The summed E-state index contributed by atoms with van der Waals surface area (Å²) in [4.78, 5) is 12.4. The lowest BCUT2D eigenvalue weighted by Gasteiger charge is -2.34. The summed E-state index contributed by atoms with van der Waals surface area (Å²) >= 11 is 0. The molecule has 23 heavy (non-hydrogen) atoms. The highest BCUT2D eigenvalue weighted by molar-refractivity contribution is 7.86. The van der Waals surface area contributed by atoms with Crippen molar-refractivity contribution in [1.82, 2.24) is 8.61 Å². The van der Waals surface area contributed by atoms with Crippen LogP contribution in [0.15, 0.2) is 30.3 Å². The first-order valence-electron chi connectivity index (χ1n) is 8.10. The molecule has 0 bridgehead atoms. The Morgan fingerprint density at radius 2 is 1.91 bits per heavy atom. The fraction of sp³-hybridized carbons (Fsp3) is 0.562. The predicted octanol–water partition coefficient (Wildman–Crippen LogP) is 1.92. The van der Waals surface area contributed by atoms with Crippen LogP contribution in [0.25, 0.3) is 0 Å². The van der Waals surface area contributed by atoms with Gasteiger partial charge in [0.2, 0.25) is 5.91 Å². The minimum absolute atomic E-state index is 0.115. The number of hydrogen-bond acceptors (Lipinski definition) is 3. The molecule has 0 saturated carbocycles. The van der Waals surface area contributed by atoms with Crippen molar-refractivity contribution in [2.75, 3.05) is 31.5 Å². The van der Waals surface area contributed by atoms with Crippen molar-refractivity contribution >= 4 is 21.8 Å². The number of nitrogens with one attached hydrogen (secondary N) is 1. The van der Waals surface area contributed by atoms with E-state index in [-0.39, 0.29) is 18.4 Å². The number of piperidine rings is 1. The van der Waals surface area contributed by atoms with Crippen molar-refractivity contribution in [2.45, 2.75) is 26.7 Å². The van der Waals surface area contributed by atoms with E-state index in [1.807, 2.05) is 44.2 Å². The summed E-state index contributed by atoms with van der Waals surface area (Å²) < 4.78 is 28.1. The molecule has 0 spiro atoms.